The summed E-state index contributed by atoms with van der Waals surface area (Å²) in [5.74, 6) is 2.01. The van der Waals surface area contributed by atoms with E-state index in [2.05, 4.69) is 31.0 Å². The lowest BCUT2D eigenvalue weighted by molar-refractivity contribution is 0.102. The molecule has 3 aromatic rings. The molecule has 1 atom stereocenters. The van der Waals surface area contributed by atoms with Crippen molar-refractivity contribution in [2.24, 2.45) is 16.3 Å². The molecule has 1 unspecified atom stereocenters. The zero-order valence-electron chi connectivity index (χ0n) is 20.7. The molecule has 0 bridgehead atoms. The van der Waals surface area contributed by atoms with E-state index in [4.69, 9.17) is 14.1 Å². The number of para-hydroxylation sites is 1. The van der Waals surface area contributed by atoms with Gasteiger partial charge in [-0.25, -0.2) is 4.99 Å². The Bertz CT molecular complexity index is 1200. The van der Waals surface area contributed by atoms with Crippen molar-refractivity contribution in [3.05, 3.63) is 64.2 Å². The maximum absolute atomic E-state index is 13.4. The highest BCUT2D eigenvalue weighted by Crippen LogP contribution is 2.45. The summed E-state index contributed by atoms with van der Waals surface area (Å²) in [7, 11) is 0. The lowest BCUT2D eigenvalue weighted by Crippen LogP contribution is -2.35. The molecule has 6 nitrogen and oxygen atoms in total. The van der Waals surface area contributed by atoms with Crippen LogP contribution in [-0.2, 0) is 17.6 Å². The van der Waals surface area contributed by atoms with E-state index in [0.717, 1.165) is 54.5 Å². The summed E-state index contributed by atoms with van der Waals surface area (Å²) < 4.78 is 11.5. The van der Waals surface area contributed by atoms with Gasteiger partial charge in [-0.2, -0.15) is 0 Å². The van der Waals surface area contributed by atoms with Crippen molar-refractivity contribution in [1.29, 1.82) is 0 Å². The van der Waals surface area contributed by atoms with Crippen LogP contribution in [0.4, 0.5) is 16.6 Å². The Morgan fingerprint density at radius 3 is 2.66 bits per heavy atom. The molecule has 0 spiro atoms. The predicted molar refractivity (Wildman–Crippen MR) is 143 cm³/mol. The number of nitrogens with zero attached hydrogens (tertiary/aromatic N) is 2. The summed E-state index contributed by atoms with van der Waals surface area (Å²) in [5.41, 5.74) is 2.89. The number of furan rings is 1. The minimum atomic E-state index is -0.0940. The largest absolute Gasteiger partial charge is 0.440 e. The Morgan fingerprint density at radius 2 is 1.91 bits per heavy atom. The molecule has 1 aromatic carbocycles. The average molecular weight is 492 g/mol. The molecule has 5 rings (SSSR count). The third-order valence-electron chi connectivity index (χ3n) is 6.97. The van der Waals surface area contributed by atoms with Crippen LogP contribution in [0.25, 0.3) is 0 Å². The number of benzene rings is 1. The number of nitrogens with one attached hydrogen (secondary N) is 1. The molecule has 1 N–H and O–H groups in total. The molecule has 1 aliphatic carbocycles. The van der Waals surface area contributed by atoms with Gasteiger partial charge >= 0.3 is 0 Å². The van der Waals surface area contributed by atoms with Crippen molar-refractivity contribution in [3.8, 4) is 0 Å². The van der Waals surface area contributed by atoms with Crippen LogP contribution in [-0.4, -0.2) is 38.4 Å². The molecule has 7 heteroatoms. The molecule has 1 fully saturated rings. The van der Waals surface area contributed by atoms with E-state index in [-0.39, 0.29) is 11.3 Å². The van der Waals surface area contributed by atoms with Gasteiger partial charge < -0.3 is 19.4 Å². The second-order valence-corrected chi connectivity index (χ2v) is 11.4. The molecule has 1 saturated heterocycles. The molecule has 3 heterocycles. The first-order chi connectivity index (χ1) is 16.9. The number of anilines is 2. The van der Waals surface area contributed by atoms with Crippen LogP contribution < -0.4 is 10.2 Å². The van der Waals surface area contributed by atoms with E-state index in [0.29, 0.717) is 30.5 Å². The van der Waals surface area contributed by atoms with Gasteiger partial charge in [-0.15, -0.1) is 11.3 Å². The third-order valence-corrected chi connectivity index (χ3v) is 8.14. The maximum atomic E-state index is 13.4. The zero-order chi connectivity index (χ0) is 24.4. The molecule has 0 saturated carbocycles. The highest BCUT2D eigenvalue weighted by molar-refractivity contribution is 7.16. The fourth-order valence-electron chi connectivity index (χ4n) is 4.84. The number of rotatable bonds is 5. The first kappa shape index (κ1) is 23.8. The number of carbonyl (C=O) groups is 1. The molecule has 1 aliphatic heterocycles. The molecular weight excluding hydrogens is 458 g/mol. The number of amides is 1. The summed E-state index contributed by atoms with van der Waals surface area (Å²) in [5, 5.41) is 3.83. The van der Waals surface area contributed by atoms with Crippen molar-refractivity contribution >= 4 is 40.0 Å². The van der Waals surface area contributed by atoms with E-state index in [1.165, 1.54) is 4.88 Å². The number of hydrogen-bond acceptors (Lipinski definition) is 6. The van der Waals surface area contributed by atoms with Gasteiger partial charge in [0.05, 0.1) is 25.0 Å². The van der Waals surface area contributed by atoms with Crippen molar-refractivity contribution in [2.45, 2.75) is 40.0 Å². The Labute approximate surface area is 211 Å². The van der Waals surface area contributed by atoms with Gasteiger partial charge in [-0.3, -0.25) is 4.79 Å². The maximum Gasteiger partial charge on any atom is 0.259 e. The minimum absolute atomic E-state index is 0.0940. The molecule has 2 aromatic heterocycles. The summed E-state index contributed by atoms with van der Waals surface area (Å²) in [4.78, 5) is 21.7. The quantitative estimate of drug-likeness (QED) is 0.424. The second-order valence-electron chi connectivity index (χ2n) is 10.3. The summed E-state index contributed by atoms with van der Waals surface area (Å²) in [6, 6.07) is 13.5. The number of fused-ring (bicyclic) bond motifs is 1. The standard InChI is InChI=1S/C28H33N3O3S/c1-28(2,3)19-9-11-22-23(17-19)35-27(25(22)26(32)30-20-7-5-4-6-8-20)29-18-21-10-12-24(34-21)31-13-15-33-16-14-31/h4-8,10,12,18-19H,9,11,13-17H2,1-3H3,(H,30,32)/b29-18+. The average Bonchev–Trinajstić information content (AvgIpc) is 3.47. The van der Waals surface area contributed by atoms with E-state index >= 15 is 0 Å². The van der Waals surface area contributed by atoms with Crippen molar-refractivity contribution < 1.29 is 13.9 Å². The van der Waals surface area contributed by atoms with Gasteiger partial charge in [0, 0.05) is 29.7 Å². The number of aliphatic imine (C=N–C) groups is 1. The number of ether oxygens (including phenoxy) is 1. The Morgan fingerprint density at radius 1 is 1.14 bits per heavy atom. The Balaban J connectivity index is 1.43. The zero-order valence-corrected chi connectivity index (χ0v) is 21.5. The highest BCUT2D eigenvalue weighted by atomic mass is 32.1. The fourth-order valence-corrected chi connectivity index (χ4v) is 6.11. The predicted octanol–water partition coefficient (Wildman–Crippen LogP) is 6.33. The molecule has 184 valence electrons. The van der Waals surface area contributed by atoms with Crippen LogP contribution >= 0.6 is 11.3 Å². The van der Waals surface area contributed by atoms with Crippen LogP contribution in [0, 0.1) is 11.3 Å². The molecular formula is C28H33N3O3S. The lowest BCUT2D eigenvalue weighted by atomic mass is 9.72. The van der Waals surface area contributed by atoms with Crippen LogP contribution in [0.2, 0.25) is 0 Å². The fraction of sp³-hybridized carbons (Fsp3) is 0.429. The van der Waals surface area contributed by atoms with Gasteiger partial charge in [-0.1, -0.05) is 39.0 Å². The number of morpholine rings is 1. The third kappa shape index (κ3) is 5.36. The highest BCUT2D eigenvalue weighted by Gasteiger charge is 2.33. The van der Waals surface area contributed by atoms with E-state index in [1.54, 1.807) is 17.6 Å². The molecule has 35 heavy (non-hydrogen) atoms. The van der Waals surface area contributed by atoms with Crippen molar-refractivity contribution in [3.63, 3.8) is 0 Å². The van der Waals surface area contributed by atoms with Gasteiger partial charge in [0.15, 0.2) is 5.88 Å². The van der Waals surface area contributed by atoms with Gasteiger partial charge in [0.2, 0.25) is 0 Å². The van der Waals surface area contributed by atoms with Crippen LogP contribution in [0.3, 0.4) is 0 Å². The van der Waals surface area contributed by atoms with Gasteiger partial charge in [0.1, 0.15) is 10.8 Å². The Hall–Kier alpha value is -2.90. The smallest absolute Gasteiger partial charge is 0.259 e. The van der Waals surface area contributed by atoms with Crippen molar-refractivity contribution in [2.75, 3.05) is 36.5 Å². The van der Waals surface area contributed by atoms with E-state index < -0.39 is 0 Å². The molecule has 0 radical (unpaired) electrons. The number of hydrogen-bond donors (Lipinski definition) is 1. The monoisotopic (exact) mass is 491 g/mol. The van der Waals surface area contributed by atoms with Gasteiger partial charge in [-0.05, 0) is 54.4 Å². The van der Waals surface area contributed by atoms with Gasteiger partial charge in [0.25, 0.3) is 5.91 Å². The molecule has 2 aliphatic rings. The van der Waals surface area contributed by atoms with Crippen LogP contribution in [0.1, 0.15) is 53.8 Å². The number of carbonyl (C=O) groups excluding carboxylic acids is 1. The second kappa shape index (κ2) is 9.99. The molecule has 1 amide bonds. The minimum Gasteiger partial charge on any atom is -0.440 e. The van der Waals surface area contributed by atoms with E-state index in [9.17, 15) is 4.79 Å². The van der Waals surface area contributed by atoms with E-state index in [1.807, 2.05) is 42.5 Å². The lowest BCUT2D eigenvalue weighted by Gasteiger charge is -2.33. The summed E-state index contributed by atoms with van der Waals surface area (Å²) >= 11 is 1.65. The van der Waals surface area contributed by atoms with Crippen molar-refractivity contribution in [1.82, 2.24) is 0 Å². The number of thiophene rings is 1. The summed E-state index contributed by atoms with van der Waals surface area (Å²) in [6.07, 6.45) is 4.72. The normalized spacial score (nSPS) is 18.6. The van der Waals surface area contributed by atoms with Crippen LogP contribution in [0.5, 0.6) is 0 Å². The van der Waals surface area contributed by atoms with Crippen LogP contribution in [0.15, 0.2) is 51.9 Å². The summed E-state index contributed by atoms with van der Waals surface area (Å²) in [6.45, 7) is 9.98. The first-order valence-corrected chi connectivity index (χ1v) is 13.2. The Kier molecular flexibility index (Phi) is 6.80. The SMILES string of the molecule is CC(C)(C)C1CCc2c(sc(/N=C/c3ccc(N4CCOCC4)o3)c2C(=O)Nc2ccccc2)C1. The first-order valence-electron chi connectivity index (χ1n) is 12.4. The topological polar surface area (TPSA) is 67.1 Å².